The number of likely N-dealkylation sites (N-methyl/N-ethyl adjacent to an activating group) is 1. The largest absolute Gasteiger partial charge is 0.346 e. The van der Waals surface area contributed by atoms with Crippen molar-refractivity contribution in [3.8, 4) is 0 Å². The minimum absolute atomic E-state index is 0.102. The molecule has 1 aromatic heterocycles. The molecule has 0 radical (unpaired) electrons. The van der Waals surface area contributed by atoms with Gasteiger partial charge in [-0.3, -0.25) is 4.79 Å². The first-order valence-corrected chi connectivity index (χ1v) is 6.69. The third kappa shape index (κ3) is 2.50. The van der Waals surface area contributed by atoms with Gasteiger partial charge < -0.3 is 9.80 Å². The molecule has 0 bridgehead atoms. The van der Waals surface area contributed by atoms with Gasteiger partial charge in [0.1, 0.15) is 0 Å². The van der Waals surface area contributed by atoms with Gasteiger partial charge in [0, 0.05) is 26.1 Å². The number of nitrogens with zero attached hydrogens (tertiary/aromatic N) is 3. The maximum absolute atomic E-state index is 11.3. The summed E-state index contributed by atoms with van der Waals surface area (Å²) in [5, 5.41) is 0.978. The van der Waals surface area contributed by atoms with Crippen molar-refractivity contribution >= 4 is 22.3 Å². The normalized spacial score (nSPS) is 24.6. The summed E-state index contributed by atoms with van der Waals surface area (Å²) in [5.74, 6) is 0.736. The quantitative estimate of drug-likeness (QED) is 0.769. The van der Waals surface area contributed by atoms with Crippen LogP contribution in [0.4, 0.5) is 5.13 Å². The molecule has 0 aromatic carbocycles. The van der Waals surface area contributed by atoms with Gasteiger partial charge >= 0.3 is 0 Å². The van der Waals surface area contributed by atoms with Crippen LogP contribution in [-0.4, -0.2) is 48.9 Å². The van der Waals surface area contributed by atoms with Crippen molar-refractivity contribution in [2.75, 3.05) is 32.1 Å². The number of thiazole rings is 1. The van der Waals surface area contributed by atoms with E-state index in [4.69, 9.17) is 0 Å². The number of rotatable bonds is 3. The average Bonchev–Trinajstić information content (AvgIpc) is 2.82. The second-order valence-corrected chi connectivity index (χ2v) is 5.99. The van der Waals surface area contributed by atoms with Crippen LogP contribution < -0.4 is 4.90 Å². The molecule has 2 heterocycles. The summed E-state index contributed by atoms with van der Waals surface area (Å²) in [5.41, 5.74) is 0. The predicted octanol–water partition coefficient (Wildman–Crippen LogP) is 1.73. The highest BCUT2D eigenvalue weighted by Gasteiger charge is 2.32. The van der Waals surface area contributed by atoms with Crippen molar-refractivity contribution in [3.63, 3.8) is 0 Å². The highest BCUT2D eigenvalue weighted by molar-refractivity contribution is 7.17. The Hall–Kier alpha value is -0.940. The Morgan fingerprint density at radius 3 is 2.71 bits per heavy atom. The number of ketones is 1. The molecule has 0 N–H and O–H groups in total. The average molecular weight is 253 g/mol. The van der Waals surface area contributed by atoms with Gasteiger partial charge in [-0.05, 0) is 20.0 Å². The number of aromatic nitrogens is 1. The summed E-state index contributed by atoms with van der Waals surface area (Å²) in [7, 11) is 4.24. The van der Waals surface area contributed by atoms with Crippen LogP contribution in [0.5, 0.6) is 0 Å². The van der Waals surface area contributed by atoms with E-state index in [0.29, 0.717) is 12.0 Å². The molecule has 2 atom stereocenters. The number of hydrogen-bond donors (Lipinski definition) is 0. The van der Waals surface area contributed by atoms with Crippen LogP contribution in [0.2, 0.25) is 0 Å². The van der Waals surface area contributed by atoms with E-state index < -0.39 is 0 Å². The number of anilines is 1. The SMILES string of the molecule is CC(=O)c1cnc(N2CC(C)C(N(C)C)C2)s1. The van der Waals surface area contributed by atoms with Crippen LogP contribution in [0.25, 0.3) is 0 Å². The topological polar surface area (TPSA) is 36.4 Å². The standard InChI is InChI=1S/C12H19N3OS/c1-8-6-15(7-10(8)14(3)4)12-13-5-11(17-12)9(2)16/h5,8,10H,6-7H2,1-4H3. The van der Waals surface area contributed by atoms with Gasteiger partial charge in [0.15, 0.2) is 10.9 Å². The Bertz CT molecular complexity index is 416. The molecular weight excluding hydrogens is 234 g/mol. The fourth-order valence-corrected chi connectivity index (χ4v) is 3.18. The molecule has 2 unspecified atom stereocenters. The summed E-state index contributed by atoms with van der Waals surface area (Å²) >= 11 is 1.50. The molecule has 1 fully saturated rings. The van der Waals surface area contributed by atoms with Gasteiger partial charge in [0.2, 0.25) is 0 Å². The fraction of sp³-hybridized carbons (Fsp3) is 0.667. The van der Waals surface area contributed by atoms with Crippen LogP contribution in [0, 0.1) is 5.92 Å². The van der Waals surface area contributed by atoms with Crippen LogP contribution in [0.1, 0.15) is 23.5 Å². The smallest absolute Gasteiger partial charge is 0.186 e. The molecule has 94 valence electrons. The van der Waals surface area contributed by atoms with Gasteiger partial charge in [-0.1, -0.05) is 18.3 Å². The summed E-state index contributed by atoms with van der Waals surface area (Å²) in [6.07, 6.45) is 1.69. The Morgan fingerprint density at radius 1 is 1.53 bits per heavy atom. The van der Waals surface area contributed by atoms with Crippen molar-refractivity contribution in [3.05, 3.63) is 11.1 Å². The van der Waals surface area contributed by atoms with Crippen LogP contribution in [0.15, 0.2) is 6.20 Å². The van der Waals surface area contributed by atoms with E-state index >= 15 is 0 Å². The van der Waals surface area contributed by atoms with Gasteiger partial charge in [0.25, 0.3) is 0 Å². The van der Waals surface area contributed by atoms with Crippen molar-refractivity contribution in [1.82, 2.24) is 9.88 Å². The molecule has 0 saturated carbocycles. The first-order chi connectivity index (χ1) is 7.99. The zero-order valence-electron chi connectivity index (χ0n) is 10.8. The lowest BCUT2D eigenvalue weighted by atomic mass is 10.1. The zero-order valence-corrected chi connectivity index (χ0v) is 11.6. The molecule has 4 nitrogen and oxygen atoms in total. The minimum atomic E-state index is 0.102. The van der Waals surface area contributed by atoms with Crippen LogP contribution in [-0.2, 0) is 0 Å². The number of carbonyl (C=O) groups excluding carboxylic acids is 1. The van der Waals surface area contributed by atoms with Crippen molar-refractivity contribution in [2.24, 2.45) is 5.92 Å². The van der Waals surface area contributed by atoms with Gasteiger partial charge in [-0.25, -0.2) is 4.98 Å². The maximum atomic E-state index is 11.3. The van der Waals surface area contributed by atoms with E-state index in [0.717, 1.165) is 23.1 Å². The monoisotopic (exact) mass is 253 g/mol. The molecule has 0 amide bonds. The second kappa shape index (κ2) is 4.74. The van der Waals surface area contributed by atoms with Crippen molar-refractivity contribution < 1.29 is 4.79 Å². The van der Waals surface area contributed by atoms with E-state index in [1.54, 1.807) is 13.1 Å². The summed E-state index contributed by atoms with van der Waals surface area (Å²) in [6, 6.07) is 0.569. The highest BCUT2D eigenvalue weighted by Crippen LogP contribution is 2.29. The van der Waals surface area contributed by atoms with Crippen molar-refractivity contribution in [2.45, 2.75) is 19.9 Å². The first-order valence-electron chi connectivity index (χ1n) is 5.87. The van der Waals surface area contributed by atoms with Gasteiger partial charge in [-0.2, -0.15) is 0 Å². The summed E-state index contributed by atoms with van der Waals surface area (Å²) in [4.78, 5) is 20.9. The van der Waals surface area contributed by atoms with E-state index in [1.807, 2.05) is 0 Å². The van der Waals surface area contributed by atoms with E-state index in [-0.39, 0.29) is 5.78 Å². The number of carbonyl (C=O) groups is 1. The fourth-order valence-electron chi connectivity index (χ4n) is 2.35. The summed E-state index contributed by atoms with van der Waals surface area (Å²) in [6.45, 7) is 5.88. The third-order valence-corrected chi connectivity index (χ3v) is 4.51. The van der Waals surface area contributed by atoms with Gasteiger partial charge in [-0.15, -0.1) is 0 Å². The Labute approximate surface area is 106 Å². The maximum Gasteiger partial charge on any atom is 0.186 e. The lowest BCUT2D eigenvalue weighted by Crippen LogP contribution is -2.34. The molecule has 1 aliphatic heterocycles. The molecule has 1 aromatic rings. The van der Waals surface area contributed by atoms with Crippen LogP contribution >= 0.6 is 11.3 Å². The zero-order chi connectivity index (χ0) is 12.6. The molecule has 5 heteroatoms. The molecule has 1 saturated heterocycles. The molecule has 1 aliphatic rings. The lowest BCUT2D eigenvalue weighted by Gasteiger charge is -2.22. The van der Waals surface area contributed by atoms with E-state index in [1.165, 1.54) is 11.3 Å². The molecule has 0 aliphatic carbocycles. The Morgan fingerprint density at radius 2 is 2.24 bits per heavy atom. The first kappa shape index (κ1) is 12.5. The number of Topliss-reactive ketones (excluding diaryl/α,β-unsaturated/α-hetero) is 1. The minimum Gasteiger partial charge on any atom is -0.346 e. The Balaban J connectivity index is 2.11. The van der Waals surface area contributed by atoms with E-state index in [2.05, 4.69) is 35.8 Å². The van der Waals surface area contributed by atoms with Crippen molar-refractivity contribution in [1.29, 1.82) is 0 Å². The molecular formula is C12H19N3OS. The molecule has 2 rings (SSSR count). The second-order valence-electron chi connectivity index (χ2n) is 4.98. The Kier molecular flexibility index (Phi) is 3.49. The predicted molar refractivity (Wildman–Crippen MR) is 71.0 cm³/mol. The van der Waals surface area contributed by atoms with E-state index in [9.17, 15) is 4.79 Å². The van der Waals surface area contributed by atoms with Gasteiger partial charge in [0.05, 0.1) is 11.1 Å². The molecule has 17 heavy (non-hydrogen) atoms. The van der Waals surface area contributed by atoms with Crippen LogP contribution in [0.3, 0.4) is 0 Å². The number of hydrogen-bond acceptors (Lipinski definition) is 5. The summed E-state index contributed by atoms with van der Waals surface area (Å²) < 4.78 is 0. The third-order valence-electron chi connectivity index (χ3n) is 3.35. The highest BCUT2D eigenvalue weighted by atomic mass is 32.1. The lowest BCUT2D eigenvalue weighted by molar-refractivity contribution is 0.102. The molecule has 0 spiro atoms.